The molecule has 1 aliphatic heterocycles. The number of amides is 1. The van der Waals surface area contributed by atoms with E-state index in [4.69, 9.17) is 16.3 Å². The quantitative estimate of drug-likeness (QED) is 0.903. The molecule has 1 fully saturated rings. The summed E-state index contributed by atoms with van der Waals surface area (Å²) in [4.78, 5) is 13.7. The lowest BCUT2D eigenvalue weighted by atomic mass is 9.93. The third-order valence-corrected chi connectivity index (χ3v) is 4.41. The van der Waals surface area contributed by atoms with E-state index in [9.17, 15) is 9.18 Å². The van der Waals surface area contributed by atoms with Gasteiger partial charge in [0, 0.05) is 20.0 Å². The molecule has 122 valence electrons. The Kier molecular flexibility index (Phi) is 6.03. The first-order valence-corrected chi connectivity index (χ1v) is 7.86. The van der Waals surface area contributed by atoms with Crippen LogP contribution in [0.3, 0.4) is 0 Å². The molecule has 0 bridgehead atoms. The van der Waals surface area contributed by atoms with Crippen molar-refractivity contribution < 1.29 is 13.9 Å². The molecular weight excluding hydrogens is 307 g/mol. The largest absolute Gasteiger partial charge is 0.492 e. The van der Waals surface area contributed by atoms with Gasteiger partial charge in [-0.1, -0.05) is 11.6 Å². The Hall–Kier alpha value is -1.33. The lowest BCUT2D eigenvalue weighted by Gasteiger charge is -2.31. The third-order valence-electron chi connectivity index (χ3n) is 4.13. The average molecular weight is 329 g/mol. The van der Waals surface area contributed by atoms with Crippen LogP contribution in [0.2, 0.25) is 5.02 Å². The van der Waals surface area contributed by atoms with E-state index in [1.54, 1.807) is 13.1 Å². The van der Waals surface area contributed by atoms with E-state index in [1.165, 1.54) is 13.2 Å². The highest BCUT2D eigenvalue weighted by atomic mass is 35.5. The van der Waals surface area contributed by atoms with Crippen LogP contribution in [0.25, 0.3) is 0 Å². The van der Waals surface area contributed by atoms with Gasteiger partial charge in [0.1, 0.15) is 0 Å². The Balaban J connectivity index is 1.90. The molecule has 1 saturated heterocycles. The molecule has 0 aliphatic carbocycles. The summed E-state index contributed by atoms with van der Waals surface area (Å²) in [5, 5.41) is 2.96. The highest BCUT2D eigenvalue weighted by molar-refractivity contribution is 6.32. The van der Waals surface area contributed by atoms with Crippen LogP contribution < -0.4 is 10.1 Å². The van der Waals surface area contributed by atoms with Crippen molar-refractivity contribution in [3.05, 3.63) is 28.5 Å². The molecule has 22 heavy (non-hydrogen) atoms. The fraction of sp³-hybridized carbons (Fsp3) is 0.562. The second-order valence-corrected chi connectivity index (χ2v) is 6.10. The first-order valence-electron chi connectivity index (χ1n) is 7.48. The molecule has 0 atom stereocenters. The number of halogens is 2. The Bertz CT molecular complexity index is 508. The Morgan fingerprint density at radius 3 is 2.68 bits per heavy atom. The SMILES string of the molecule is CNC(=O)CC1CCN(Cc2cc(F)c(OC)c(Cl)c2)CC1. The Morgan fingerprint density at radius 1 is 1.45 bits per heavy atom. The summed E-state index contributed by atoms with van der Waals surface area (Å²) in [5.74, 6) is 0.198. The van der Waals surface area contributed by atoms with E-state index >= 15 is 0 Å². The number of methoxy groups -OCH3 is 1. The second kappa shape index (κ2) is 7.79. The van der Waals surface area contributed by atoms with Gasteiger partial charge in [-0.15, -0.1) is 0 Å². The van der Waals surface area contributed by atoms with Crippen molar-refractivity contribution >= 4 is 17.5 Å². The molecule has 0 spiro atoms. The predicted octanol–water partition coefficient (Wildman–Crippen LogP) is 2.84. The molecular formula is C16H22ClFN2O2. The van der Waals surface area contributed by atoms with E-state index in [1.807, 2.05) is 0 Å². The van der Waals surface area contributed by atoms with Gasteiger partial charge in [0.15, 0.2) is 11.6 Å². The van der Waals surface area contributed by atoms with Gasteiger partial charge in [-0.3, -0.25) is 9.69 Å². The molecule has 0 radical (unpaired) electrons. The van der Waals surface area contributed by atoms with Gasteiger partial charge in [-0.25, -0.2) is 4.39 Å². The Morgan fingerprint density at radius 2 is 2.14 bits per heavy atom. The van der Waals surface area contributed by atoms with Crippen molar-refractivity contribution in [2.24, 2.45) is 5.92 Å². The fourth-order valence-electron chi connectivity index (χ4n) is 2.87. The summed E-state index contributed by atoms with van der Waals surface area (Å²) in [5.41, 5.74) is 0.841. The number of benzene rings is 1. The summed E-state index contributed by atoms with van der Waals surface area (Å²) in [7, 11) is 3.07. The van der Waals surface area contributed by atoms with Crippen molar-refractivity contribution in [3.63, 3.8) is 0 Å². The topological polar surface area (TPSA) is 41.6 Å². The van der Waals surface area contributed by atoms with E-state index in [-0.39, 0.29) is 11.7 Å². The number of nitrogens with one attached hydrogen (secondary N) is 1. The average Bonchev–Trinajstić information content (AvgIpc) is 2.49. The van der Waals surface area contributed by atoms with E-state index in [0.29, 0.717) is 23.9 Å². The maximum Gasteiger partial charge on any atom is 0.220 e. The molecule has 1 aliphatic rings. The molecule has 1 N–H and O–H groups in total. The minimum Gasteiger partial charge on any atom is -0.492 e. The number of hydrogen-bond acceptors (Lipinski definition) is 3. The van der Waals surface area contributed by atoms with Crippen LogP contribution >= 0.6 is 11.6 Å². The van der Waals surface area contributed by atoms with Crippen LogP contribution in [0.4, 0.5) is 4.39 Å². The molecule has 1 aromatic rings. The maximum atomic E-state index is 13.8. The van der Waals surface area contributed by atoms with Gasteiger partial charge in [0.2, 0.25) is 5.91 Å². The zero-order valence-corrected chi connectivity index (χ0v) is 13.8. The van der Waals surface area contributed by atoms with Crippen molar-refractivity contribution in [2.75, 3.05) is 27.2 Å². The van der Waals surface area contributed by atoms with E-state index < -0.39 is 5.82 Å². The van der Waals surface area contributed by atoms with E-state index in [0.717, 1.165) is 31.5 Å². The van der Waals surface area contributed by atoms with Crippen molar-refractivity contribution in [1.29, 1.82) is 0 Å². The normalized spacial score (nSPS) is 16.5. The van der Waals surface area contributed by atoms with Crippen LogP contribution in [0.1, 0.15) is 24.8 Å². The van der Waals surface area contributed by atoms with Gasteiger partial charge < -0.3 is 10.1 Å². The van der Waals surface area contributed by atoms with Crippen molar-refractivity contribution in [2.45, 2.75) is 25.8 Å². The highest BCUT2D eigenvalue weighted by Gasteiger charge is 2.21. The summed E-state index contributed by atoms with van der Waals surface area (Å²) in [6.07, 6.45) is 2.56. The van der Waals surface area contributed by atoms with Crippen molar-refractivity contribution in [3.8, 4) is 5.75 Å². The lowest BCUT2D eigenvalue weighted by molar-refractivity contribution is -0.121. The van der Waals surface area contributed by atoms with Crippen LogP contribution in [0.15, 0.2) is 12.1 Å². The molecule has 1 amide bonds. The number of ether oxygens (including phenoxy) is 1. The molecule has 4 nitrogen and oxygen atoms in total. The fourth-order valence-corrected chi connectivity index (χ4v) is 3.18. The van der Waals surface area contributed by atoms with Crippen LogP contribution in [-0.4, -0.2) is 38.1 Å². The number of nitrogens with zero attached hydrogens (tertiary/aromatic N) is 1. The highest BCUT2D eigenvalue weighted by Crippen LogP contribution is 2.30. The number of hydrogen-bond donors (Lipinski definition) is 1. The first-order chi connectivity index (χ1) is 10.5. The molecule has 2 rings (SSSR count). The predicted molar refractivity (Wildman–Crippen MR) is 84.6 cm³/mol. The molecule has 0 aromatic heterocycles. The lowest BCUT2D eigenvalue weighted by Crippen LogP contribution is -2.35. The Labute approximate surface area is 135 Å². The minimum atomic E-state index is -0.431. The van der Waals surface area contributed by atoms with Gasteiger partial charge in [-0.2, -0.15) is 0 Å². The number of likely N-dealkylation sites (tertiary alicyclic amines) is 1. The van der Waals surface area contributed by atoms with Gasteiger partial charge in [-0.05, 0) is 49.5 Å². The summed E-state index contributed by atoms with van der Waals surface area (Å²) >= 11 is 6.02. The van der Waals surface area contributed by atoms with E-state index in [2.05, 4.69) is 10.2 Å². The van der Waals surface area contributed by atoms with Gasteiger partial charge >= 0.3 is 0 Å². The first kappa shape index (κ1) is 17.0. The number of piperidine rings is 1. The minimum absolute atomic E-state index is 0.0923. The molecule has 0 saturated carbocycles. The maximum absolute atomic E-state index is 13.8. The number of carbonyl (C=O) groups excluding carboxylic acids is 1. The summed E-state index contributed by atoms with van der Waals surface area (Å²) in [6.45, 7) is 2.48. The zero-order valence-electron chi connectivity index (χ0n) is 13.0. The van der Waals surface area contributed by atoms with Crippen LogP contribution in [0, 0.1) is 11.7 Å². The molecule has 0 unspecified atom stereocenters. The van der Waals surface area contributed by atoms with Gasteiger partial charge in [0.25, 0.3) is 0 Å². The smallest absolute Gasteiger partial charge is 0.220 e. The standard InChI is InChI=1S/C16H22ClFN2O2/c1-19-15(21)9-11-3-5-20(6-4-11)10-12-7-13(17)16(22-2)14(18)8-12/h7-8,11H,3-6,9-10H2,1-2H3,(H,19,21). The number of rotatable bonds is 5. The van der Waals surface area contributed by atoms with Gasteiger partial charge in [0.05, 0.1) is 12.1 Å². The monoisotopic (exact) mass is 328 g/mol. The zero-order chi connectivity index (χ0) is 16.1. The molecule has 6 heteroatoms. The number of carbonyl (C=O) groups is 1. The summed E-state index contributed by atoms with van der Waals surface area (Å²) in [6, 6.07) is 3.22. The van der Waals surface area contributed by atoms with Crippen LogP contribution in [0.5, 0.6) is 5.75 Å². The third kappa shape index (κ3) is 4.34. The van der Waals surface area contributed by atoms with Crippen LogP contribution in [-0.2, 0) is 11.3 Å². The molecule has 1 heterocycles. The van der Waals surface area contributed by atoms with Crippen molar-refractivity contribution in [1.82, 2.24) is 10.2 Å². The molecule has 1 aromatic carbocycles. The summed E-state index contributed by atoms with van der Waals surface area (Å²) < 4.78 is 18.8. The second-order valence-electron chi connectivity index (χ2n) is 5.69.